The van der Waals surface area contributed by atoms with Crippen LogP contribution in [0.1, 0.15) is 6.42 Å². The van der Waals surface area contributed by atoms with E-state index in [2.05, 4.69) is 4.74 Å². The van der Waals surface area contributed by atoms with Crippen LogP contribution in [-0.4, -0.2) is 56.0 Å². The lowest BCUT2D eigenvalue weighted by Gasteiger charge is -2.04. The van der Waals surface area contributed by atoms with Gasteiger partial charge in [0.1, 0.15) is 6.61 Å². The molecule has 0 amide bonds. The van der Waals surface area contributed by atoms with Gasteiger partial charge in [0.25, 0.3) is 0 Å². The van der Waals surface area contributed by atoms with Gasteiger partial charge in [-0.05, 0) is 6.42 Å². The van der Waals surface area contributed by atoms with Crippen LogP contribution in [0.2, 0.25) is 0 Å². The van der Waals surface area contributed by atoms with Gasteiger partial charge in [0.15, 0.2) is 0 Å². The van der Waals surface area contributed by atoms with Crippen molar-refractivity contribution in [3.8, 4) is 0 Å². The second-order valence-electron chi connectivity index (χ2n) is 2.42. The number of carbonyl (C=O) groups is 1. The number of hydrogen-bond donors (Lipinski definition) is 2. The summed E-state index contributed by atoms with van der Waals surface area (Å²) in [5, 5.41) is 16.5. The minimum absolute atomic E-state index is 0.0337. The summed E-state index contributed by atoms with van der Waals surface area (Å²) in [6.45, 7) is 1.72. The molecule has 0 aliphatic carbocycles. The molecule has 0 aromatic carbocycles. The fourth-order valence-corrected chi connectivity index (χ4v) is 0.676. The summed E-state index contributed by atoms with van der Waals surface area (Å²) in [4.78, 5) is 9.88. The molecule has 0 radical (unpaired) electrons. The van der Waals surface area contributed by atoms with Gasteiger partial charge >= 0.3 is 6.16 Å². The van der Waals surface area contributed by atoms with Gasteiger partial charge < -0.3 is 24.4 Å². The van der Waals surface area contributed by atoms with Crippen molar-refractivity contribution in [2.24, 2.45) is 0 Å². The van der Waals surface area contributed by atoms with Gasteiger partial charge in [-0.3, -0.25) is 0 Å². The van der Waals surface area contributed by atoms with Crippen molar-refractivity contribution in [3.63, 3.8) is 0 Å². The average Bonchev–Trinajstić information content (AvgIpc) is 2.15. The molecule has 84 valence electrons. The molecule has 0 aromatic rings. The van der Waals surface area contributed by atoms with Gasteiger partial charge in [0.2, 0.25) is 0 Å². The van der Waals surface area contributed by atoms with E-state index in [9.17, 15) is 4.79 Å². The average molecular weight is 208 g/mol. The van der Waals surface area contributed by atoms with Crippen LogP contribution >= 0.6 is 0 Å². The zero-order valence-electron chi connectivity index (χ0n) is 7.98. The molecule has 0 heterocycles. The van der Waals surface area contributed by atoms with Gasteiger partial charge in [-0.15, -0.1) is 0 Å². The van der Waals surface area contributed by atoms with Crippen LogP contribution in [0.5, 0.6) is 0 Å². The SMILES string of the molecule is O=C(O)OCCOCCOCCCO. The molecule has 14 heavy (non-hydrogen) atoms. The van der Waals surface area contributed by atoms with E-state index in [1.807, 2.05) is 0 Å². The molecule has 0 fully saturated rings. The summed E-state index contributed by atoms with van der Waals surface area (Å²) in [5.74, 6) is 0. The van der Waals surface area contributed by atoms with Crippen LogP contribution in [0.15, 0.2) is 0 Å². The summed E-state index contributed by atoms with van der Waals surface area (Å²) >= 11 is 0. The van der Waals surface area contributed by atoms with Gasteiger partial charge in [-0.25, -0.2) is 4.79 Å². The van der Waals surface area contributed by atoms with Gasteiger partial charge in [-0.2, -0.15) is 0 Å². The zero-order chi connectivity index (χ0) is 10.6. The molecule has 0 rings (SSSR count). The third-order valence-corrected chi connectivity index (χ3v) is 1.27. The molecule has 0 unspecified atom stereocenters. The molecule has 2 N–H and O–H groups in total. The quantitative estimate of drug-likeness (QED) is 0.413. The van der Waals surface area contributed by atoms with E-state index in [-0.39, 0.29) is 19.8 Å². The lowest BCUT2D eigenvalue weighted by molar-refractivity contribution is 0.0167. The first-order chi connectivity index (χ1) is 6.77. The number of aliphatic hydroxyl groups excluding tert-OH is 1. The van der Waals surface area contributed by atoms with Crippen molar-refractivity contribution in [1.82, 2.24) is 0 Å². The number of carboxylic acid groups (broad SMARTS) is 1. The van der Waals surface area contributed by atoms with Crippen molar-refractivity contribution in [2.75, 3.05) is 39.6 Å². The molecule has 0 bridgehead atoms. The second kappa shape index (κ2) is 10.2. The van der Waals surface area contributed by atoms with Crippen LogP contribution in [0, 0.1) is 0 Å². The maximum Gasteiger partial charge on any atom is 0.505 e. The predicted octanol–water partition coefficient (Wildman–Crippen LogP) is 0.0966. The highest BCUT2D eigenvalue weighted by atomic mass is 16.7. The Bertz CT molecular complexity index is 138. The largest absolute Gasteiger partial charge is 0.505 e. The Morgan fingerprint density at radius 2 is 1.57 bits per heavy atom. The lowest BCUT2D eigenvalue weighted by atomic mass is 10.5. The first-order valence-electron chi connectivity index (χ1n) is 4.39. The van der Waals surface area contributed by atoms with Gasteiger partial charge in [0.05, 0.1) is 19.8 Å². The van der Waals surface area contributed by atoms with Crippen molar-refractivity contribution in [1.29, 1.82) is 0 Å². The Labute approximate surface area is 82.4 Å². The van der Waals surface area contributed by atoms with E-state index < -0.39 is 6.16 Å². The molecule has 0 atom stereocenters. The summed E-state index contributed by atoms with van der Waals surface area (Å²) < 4.78 is 14.3. The van der Waals surface area contributed by atoms with Crippen LogP contribution < -0.4 is 0 Å². The summed E-state index contributed by atoms with van der Waals surface area (Å²) in [6, 6.07) is 0. The molecule has 0 aromatic heterocycles. The fourth-order valence-electron chi connectivity index (χ4n) is 0.676. The standard InChI is InChI=1S/C8H16O6/c9-2-1-3-12-4-5-13-6-7-14-8(10)11/h9H,1-7H2,(H,10,11). The molecule has 0 saturated heterocycles. The maximum absolute atomic E-state index is 9.88. The summed E-state index contributed by atoms with van der Waals surface area (Å²) in [5.41, 5.74) is 0. The molecular formula is C8H16O6. The normalized spacial score (nSPS) is 10.1. The van der Waals surface area contributed by atoms with Crippen molar-refractivity contribution in [2.45, 2.75) is 6.42 Å². The minimum atomic E-state index is -1.30. The molecule has 6 nitrogen and oxygen atoms in total. The number of hydrogen-bond acceptors (Lipinski definition) is 5. The third kappa shape index (κ3) is 11.2. The minimum Gasteiger partial charge on any atom is -0.450 e. The highest BCUT2D eigenvalue weighted by Gasteiger charge is 1.95. The Morgan fingerprint density at radius 3 is 2.14 bits per heavy atom. The van der Waals surface area contributed by atoms with E-state index in [4.69, 9.17) is 19.7 Å². The highest BCUT2D eigenvalue weighted by molar-refractivity contribution is 5.56. The fraction of sp³-hybridized carbons (Fsp3) is 0.875. The topological polar surface area (TPSA) is 85.2 Å². The van der Waals surface area contributed by atoms with Crippen molar-refractivity contribution >= 4 is 6.16 Å². The monoisotopic (exact) mass is 208 g/mol. The van der Waals surface area contributed by atoms with Gasteiger partial charge in [0, 0.05) is 13.2 Å². The lowest BCUT2D eigenvalue weighted by Crippen LogP contribution is -2.11. The van der Waals surface area contributed by atoms with E-state index in [0.29, 0.717) is 26.2 Å². The van der Waals surface area contributed by atoms with Crippen LogP contribution in [0.3, 0.4) is 0 Å². The highest BCUT2D eigenvalue weighted by Crippen LogP contribution is 1.83. The Morgan fingerprint density at radius 1 is 1.00 bits per heavy atom. The third-order valence-electron chi connectivity index (χ3n) is 1.27. The number of ether oxygens (including phenoxy) is 3. The van der Waals surface area contributed by atoms with Crippen LogP contribution in [0.25, 0.3) is 0 Å². The second-order valence-corrected chi connectivity index (χ2v) is 2.42. The first kappa shape index (κ1) is 13.2. The maximum atomic E-state index is 9.88. The molecule has 0 spiro atoms. The van der Waals surface area contributed by atoms with E-state index in [1.165, 1.54) is 0 Å². The van der Waals surface area contributed by atoms with Gasteiger partial charge in [-0.1, -0.05) is 0 Å². The summed E-state index contributed by atoms with van der Waals surface area (Å²) in [7, 11) is 0. The molecule has 0 saturated carbocycles. The Kier molecular flexibility index (Phi) is 9.61. The predicted molar refractivity (Wildman–Crippen MR) is 47.3 cm³/mol. The molecule has 0 aliphatic heterocycles. The number of aliphatic hydroxyl groups is 1. The molecule has 6 heteroatoms. The van der Waals surface area contributed by atoms with E-state index in [1.54, 1.807) is 0 Å². The first-order valence-corrected chi connectivity index (χ1v) is 4.39. The number of rotatable bonds is 9. The molecule has 0 aliphatic rings. The molecular weight excluding hydrogens is 192 g/mol. The smallest absolute Gasteiger partial charge is 0.450 e. The zero-order valence-corrected chi connectivity index (χ0v) is 7.98. The van der Waals surface area contributed by atoms with Crippen molar-refractivity contribution < 1.29 is 29.2 Å². The van der Waals surface area contributed by atoms with E-state index in [0.717, 1.165) is 0 Å². The Balaban J connectivity index is 2.88. The van der Waals surface area contributed by atoms with Crippen molar-refractivity contribution in [3.05, 3.63) is 0 Å². The van der Waals surface area contributed by atoms with Crippen LogP contribution in [0.4, 0.5) is 4.79 Å². The van der Waals surface area contributed by atoms with Crippen LogP contribution in [-0.2, 0) is 14.2 Å². The summed E-state index contributed by atoms with van der Waals surface area (Å²) in [6.07, 6.45) is -0.685. The Hall–Kier alpha value is -0.850. The van der Waals surface area contributed by atoms with E-state index >= 15 is 0 Å².